The normalized spacial score (nSPS) is 24.0. The Labute approximate surface area is 170 Å². The molecular formula is C23H25ClFN3. The molecule has 0 saturated carbocycles. The van der Waals surface area contributed by atoms with Gasteiger partial charge in [0, 0.05) is 31.2 Å². The highest BCUT2D eigenvalue weighted by Gasteiger charge is 2.43. The van der Waals surface area contributed by atoms with Crippen LogP contribution in [0.5, 0.6) is 0 Å². The minimum atomic E-state index is -0.178. The van der Waals surface area contributed by atoms with Crippen molar-refractivity contribution < 1.29 is 4.39 Å². The number of rotatable bonds is 3. The lowest BCUT2D eigenvalue weighted by Gasteiger charge is -2.43. The number of anilines is 2. The summed E-state index contributed by atoms with van der Waals surface area (Å²) in [6.07, 6.45) is 5.55. The summed E-state index contributed by atoms with van der Waals surface area (Å²) < 4.78 is 13.2. The van der Waals surface area contributed by atoms with Crippen LogP contribution < -0.4 is 10.2 Å². The van der Waals surface area contributed by atoms with E-state index in [1.807, 2.05) is 12.1 Å². The van der Waals surface area contributed by atoms with Crippen molar-refractivity contribution in [3.8, 4) is 0 Å². The second-order valence-corrected chi connectivity index (χ2v) is 8.77. The molecule has 3 nitrogen and oxygen atoms in total. The van der Waals surface area contributed by atoms with Gasteiger partial charge in [-0.25, -0.2) is 4.39 Å². The summed E-state index contributed by atoms with van der Waals surface area (Å²) in [7, 11) is 0. The van der Waals surface area contributed by atoms with Gasteiger partial charge in [-0.05, 0) is 67.2 Å². The third-order valence-electron chi connectivity index (χ3n) is 6.29. The molecule has 1 atom stereocenters. The van der Waals surface area contributed by atoms with Gasteiger partial charge in [-0.1, -0.05) is 29.8 Å². The topological polar surface area (TPSA) is 18.5 Å². The van der Waals surface area contributed by atoms with E-state index in [1.54, 1.807) is 12.1 Å². The standard InChI is InChI=1S/C23H25ClFN3/c1-23(26-21-14-19(24)13-18-3-2-10-28(23)22(18)21)15-27-11-8-17(9-12-27)16-4-6-20(25)7-5-16/h4-8,13-14,26H,2-3,9-12,15H2,1H3. The van der Waals surface area contributed by atoms with Gasteiger partial charge in [0.25, 0.3) is 0 Å². The number of hydrogen-bond donors (Lipinski definition) is 1. The largest absolute Gasteiger partial charge is 0.360 e. The predicted molar refractivity (Wildman–Crippen MR) is 115 cm³/mol. The first kappa shape index (κ1) is 18.0. The first-order valence-corrected chi connectivity index (χ1v) is 10.5. The minimum Gasteiger partial charge on any atom is -0.360 e. The summed E-state index contributed by atoms with van der Waals surface area (Å²) in [5.74, 6) is -0.178. The third kappa shape index (κ3) is 3.09. The van der Waals surface area contributed by atoms with Crippen molar-refractivity contribution >= 4 is 28.5 Å². The van der Waals surface area contributed by atoms with Crippen molar-refractivity contribution in [2.24, 2.45) is 0 Å². The van der Waals surface area contributed by atoms with Gasteiger partial charge in [0.15, 0.2) is 0 Å². The van der Waals surface area contributed by atoms with E-state index >= 15 is 0 Å². The van der Waals surface area contributed by atoms with Gasteiger partial charge < -0.3 is 10.2 Å². The molecule has 28 heavy (non-hydrogen) atoms. The lowest BCUT2D eigenvalue weighted by molar-refractivity contribution is 0.244. The smallest absolute Gasteiger partial charge is 0.123 e. The van der Waals surface area contributed by atoms with Gasteiger partial charge in [0.2, 0.25) is 0 Å². The average molecular weight is 398 g/mol. The number of aryl methyl sites for hydroxylation is 1. The maximum absolute atomic E-state index is 13.2. The molecule has 0 fully saturated rings. The molecule has 2 aromatic carbocycles. The molecule has 0 spiro atoms. The zero-order valence-corrected chi connectivity index (χ0v) is 16.9. The van der Waals surface area contributed by atoms with Crippen LogP contribution in [0.1, 0.15) is 30.9 Å². The van der Waals surface area contributed by atoms with Crippen LogP contribution in [0.25, 0.3) is 5.57 Å². The molecule has 3 heterocycles. The summed E-state index contributed by atoms with van der Waals surface area (Å²) in [4.78, 5) is 5.04. The summed E-state index contributed by atoms with van der Waals surface area (Å²) in [5, 5.41) is 4.58. The van der Waals surface area contributed by atoms with Gasteiger partial charge >= 0.3 is 0 Å². The molecular weight excluding hydrogens is 373 g/mol. The van der Waals surface area contributed by atoms with Crippen LogP contribution in [0.4, 0.5) is 15.8 Å². The lowest BCUT2D eigenvalue weighted by atomic mass is 9.98. The molecule has 0 saturated heterocycles. The van der Waals surface area contributed by atoms with Crippen LogP contribution in [0, 0.1) is 5.82 Å². The highest BCUT2D eigenvalue weighted by atomic mass is 35.5. The Balaban J connectivity index is 1.33. The van der Waals surface area contributed by atoms with Gasteiger partial charge in [0.05, 0.1) is 11.4 Å². The molecule has 1 unspecified atom stereocenters. The van der Waals surface area contributed by atoms with Crippen molar-refractivity contribution in [3.05, 3.63) is 64.4 Å². The quantitative estimate of drug-likeness (QED) is 0.771. The average Bonchev–Trinajstić information content (AvgIpc) is 2.96. The SMILES string of the molecule is CC1(CN2CC=C(c3ccc(F)cc3)CC2)Nc2cc(Cl)cc3c2N1CCC3. The fourth-order valence-electron chi connectivity index (χ4n) is 4.99. The summed E-state index contributed by atoms with van der Waals surface area (Å²) in [5.41, 5.74) is 6.21. The van der Waals surface area contributed by atoms with E-state index < -0.39 is 0 Å². The monoisotopic (exact) mass is 397 g/mol. The molecule has 1 N–H and O–H groups in total. The summed E-state index contributed by atoms with van der Waals surface area (Å²) in [6.45, 7) is 6.26. The molecule has 0 aromatic heterocycles. The minimum absolute atomic E-state index is 0.122. The predicted octanol–water partition coefficient (Wildman–Crippen LogP) is 5.16. The van der Waals surface area contributed by atoms with Crippen LogP contribution >= 0.6 is 11.6 Å². The summed E-state index contributed by atoms with van der Waals surface area (Å²) in [6, 6.07) is 11.0. The van der Waals surface area contributed by atoms with E-state index in [-0.39, 0.29) is 11.5 Å². The van der Waals surface area contributed by atoms with Crippen molar-refractivity contribution in [1.82, 2.24) is 4.90 Å². The Morgan fingerprint density at radius 1 is 1.14 bits per heavy atom. The molecule has 3 aliphatic heterocycles. The van der Waals surface area contributed by atoms with Gasteiger partial charge in [-0.2, -0.15) is 0 Å². The molecule has 3 aliphatic rings. The van der Waals surface area contributed by atoms with Crippen molar-refractivity contribution in [3.63, 3.8) is 0 Å². The second-order valence-electron chi connectivity index (χ2n) is 8.34. The van der Waals surface area contributed by atoms with Crippen LogP contribution in [-0.2, 0) is 6.42 Å². The third-order valence-corrected chi connectivity index (χ3v) is 6.51. The first-order valence-electron chi connectivity index (χ1n) is 10.1. The zero-order chi connectivity index (χ0) is 19.3. The van der Waals surface area contributed by atoms with Crippen molar-refractivity contribution in [2.75, 3.05) is 36.4 Å². The number of benzene rings is 2. The van der Waals surface area contributed by atoms with Gasteiger partial charge in [-0.15, -0.1) is 0 Å². The number of hydrogen-bond acceptors (Lipinski definition) is 3. The molecule has 0 amide bonds. The van der Waals surface area contributed by atoms with Crippen molar-refractivity contribution in [1.29, 1.82) is 0 Å². The van der Waals surface area contributed by atoms with E-state index in [9.17, 15) is 4.39 Å². The second kappa shape index (κ2) is 6.78. The van der Waals surface area contributed by atoms with E-state index in [0.717, 1.165) is 49.6 Å². The Kier molecular flexibility index (Phi) is 4.37. The number of halogens is 2. The van der Waals surface area contributed by atoms with Crippen LogP contribution in [-0.4, -0.2) is 36.7 Å². The fraction of sp³-hybridized carbons (Fsp3) is 0.391. The molecule has 5 rings (SSSR count). The molecule has 2 aromatic rings. The Bertz CT molecular complexity index is 940. The highest BCUT2D eigenvalue weighted by molar-refractivity contribution is 6.31. The van der Waals surface area contributed by atoms with E-state index in [0.29, 0.717) is 0 Å². The van der Waals surface area contributed by atoms with E-state index in [2.05, 4.69) is 40.2 Å². The van der Waals surface area contributed by atoms with Crippen LogP contribution in [0.3, 0.4) is 0 Å². The van der Waals surface area contributed by atoms with Crippen molar-refractivity contribution in [2.45, 2.75) is 31.8 Å². The lowest BCUT2D eigenvalue weighted by Crippen LogP contribution is -2.57. The van der Waals surface area contributed by atoms with Crippen LogP contribution in [0.15, 0.2) is 42.5 Å². The highest BCUT2D eigenvalue weighted by Crippen LogP contribution is 2.47. The van der Waals surface area contributed by atoms with Gasteiger partial charge in [-0.3, -0.25) is 4.90 Å². The zero-order valence-electron chi connectivity index (χ0n) is 16.1. The van der Waals surface area contributed by atoms with E-state index in [1.165, 1.54) is 28.9 Å². The Hall–Kier alpha value is -2.04. The molecule has 0 radical (unpaired) electrons. The van der Waals surface area contributed by atoms with Gasteiger partial charge in [0.1, 0.15) is 11.5 Å². The Morgan fingerprint density at radius 2 is 1.96 bits per heavy atom. The fourth-order valence-corrected chi connectivity index (χ4v) is 5.23. The number of nitrogens with zero attached hydrogens (tertiary/aromatic N) is 2. The maximum Gasteiger partial charge on any atom is 0.123 e. The summed E-state index contributed by atoms with van der Waals surface area (Å²) >= 11 is 6.35. The molecule has 146 valence electrons. The Morgan fingerprint density at radius 3 is 2.71 bits per heavy atom. The van der Waals surface area contributed by atoms with E-state index in [4.69, 9.17) is 11.6 Å². The molecule has 5 heteroatoms. The first-order chi connectivity index (χ1) is 13.5. The maximum atomic E-state index is 13.2. The van der Waals surface area contributed by atoms with Crippen LogP contribution in [0.2, 0.25) is 5.02 Å². The molecule has 0 bridgehead atoms. The number of nitrogens with one attached hydrogen (secondary N) is 1. The molecule has 0 aliphatic carbocycles.